The normalized spacial score (nSPS) is 13.5. The van der Waals surface area contributed by atoms with Crippen molar-refractivity contribution in [2.24, 2.45) is 0 Å². The van der Waals surface area contributed by atoms with Gasteiger partial charge in [0.05, 0.1) is 0 Å². The van der Waals surface area contributed by atoms with Crippen molar-refractivity contribution in [1.29, 1.82) is 0 Å². The Bertz CT molecular complexity index is 1690. The molecule has 0 spiro atoms. The van der Waals surface area contributed by atoms with Crippen LogP contribution in [0, 0.1) is 6.92 Å². The number of fused-ring (bicyclic) bond motifs is 4. The number of furan rings is 1. The number of hydrogen-bond donors (Lipinski definition) is 3. The van der Waals surface area contributed by atoms with Gasteiger partial charge in [-0.25, -0.2) is 4.79 Å². The summed E-state index contributed by atoms with van der Waals surface area (Å²) < 4.78 is 11.7. The van der Waals surface area contributed by atoms with Gasteiger partial charge in [-0.3, -0.25) is 14.4 Å². The van der Waals surface area contributed by atoms with Crippen molar-refractivity contribution in [2.75, 3.05) is 12.3 Å². The minimum atomic E-state index is -0.931. The number of rotatable bonds is 13. The predicted octanol–water partition coefficient (Wildman–Crippen LogP) is 5.06. The second-order valence-electron chi connectivity index (χ2n) is 11.0. The highest BCUT2D eigenvalue weighted by Gasteiger charge is 2.23. The summed E-state index contributed by atoms with van der Waals surface area (Å²) in [5.74, 6) is 0.366. The fourth-order valence-electron chi connectivity index (χ4n) is 5.56. The summed E-state index contributed by atoms with van der Waals surface area (Å²) in [6.45, 7) is 2.07. The number of aryl methyl sites for hydroxylation is 3. The quantitative estimate of drug-likeness (QED) is 0.142. The Morgan fingerprint density at radius 2 is 1.77 bits per heavy atom. The summed E-state index contributed by atoms with van der Waals surface area (Å²) in [6, 6.07) is 12.8. The van der Waals surface area contributed by atoms with Gasteiger partial charge in [0.1, 0.15) is 23.0 Å². The number of carbonyl (C=O) groups excluding carboxylic acids is 2. The van der Waals surface area contributed by atoms with Crippen LogP contribution in [-0.2, 0) is 39.4 Å². The third kappa shape index (κ3) is 7.48. The first kappa shape index (κ1) is 30.4. The van der Waals surface area contributed by atoms with Crippen LogP contribution < -0.4 is 16.3 Å². The zero-order valence-electron chi connectivity index (χ0n) is 24.2. The number of carbonyl (C=O) groups is 3. The lowest BCUT2D eigenvalue weighted by Gasteiger charge is -2.18. The molecule has 0 saturated heterocycles. The Hall–Kier alpha value is -4.05. The summed E-state index contributed by atoms with van der Waals surface area (Å²) in [7, 11) is 0. The maximum Gasteiger partial charge on any atom is 0.339 e. The zero-order chi connectivity index (χ0) is 30.3. The van der Waals surface area contributed by atoms with E-state index in [0.29, 0.717) is 29.1 Å². The molecule has 226 valence electrons. The molecule has 0 bridgehead atoms. The van der Waals surface area contributed by atoms with Crippen LogP contribution >= 0.6 is 11.8 Å². The number of aliphatic carboxylic acids is 1. The van der Waals surface area contributed by atoms with Crippen LogP contribution in [0.3, 0.4) is 0 Å². The van der Waals surface area contributed by atoms with Gasteiger partial charge in [0.25, 0.3) is 0 Å². The molecule has 2 amide bonds. The number of hydrogen-bond acceptors (Lipinski definition) is 7. The van der Waals surface area contributed by atoms with Gasteiger partial charge in [-0.15, -0.1) is 0 Å². The van der Waals surface area contributed by atoms with Crippen molar-refractivity contribution >= 4 is 51.5 Å². The van der Waals surface area contributed by atoms with Crippen molar-refractivity contribution in [3.05, 3.63) is 80.9 Å². The summed E-state index contributed by atoms with van der Waals surface area (Å²) >= 11 is 1.52. The molecule has 1 aliphatic carbocycles. The maximum atomic E-state index is 13.0. The van der Waals surface area contributed by atoms with Gasteiger partial charge in [-0.2, -0.15) is 11.8 Å². The first-order valence-corrected chi connectivity index (χ1v) is 15.9. The largest absolute Gasteiger partial charge is 0.481 e. The van der Waals surface area contributed by atoms with E-state index in [-0.39, 0.29) is 37.6 Å². The molecular formula is C33H36N2O7S. The summed E-state index contributed by atoms with van der Waals surface area (Å²) in [4.78, 5) is 49.7. The topological polar surface area (TPSA) is 139 Å². The Balaban J connectivity index is 1.26. The second-order valence-corrected chi connectivity index (χ2v) is 12.0. The maximum absolute atomic E-state index is 13.0. The van der Waals surface area contributed by atoms with Crippen LogP contribution in [0.4, 0.5) is 0 Å². The fraction of sp³-hybridized carbons (Fsp3) is 0.394. The molecule has 4 aromatic rings. The van der Waals surface area contributed by atoms with Gasteiger partial charge in [0, 0.05) is 65.3 Å². The number of nitrogens with one attached hydrogen (secondary N) is 2. The van der Waals surface area contributed by atoms with Crippen molar-refractivity contribution < 1.29 is 28.3 Å². The summed E-state index contributed by atoms with van der Waals surface area (Å²) in [5, 5.41) is 16.3. The first-order valence-electron chi connectivity index (χ1n) is 14.7. The van der Waals surface area contributed by atoms with Crippen LogP contribution in [0.1, 0.15) is 60.1 Å². The molecule has 43 heavy (non-hydrogen) atoms. The average molecular weight is 605 g/mol. The van der Waals surface area contributed by atoms with Gasteiger partial charge in [-0.1, -0.05) is 30.3 Å². The molecule has 0 saturated carbocycles. The third-order valence-corrected chi connectivity index (χ3v) is 8.99. The van der Waals surface area contributed by atoms with E-state index >= 15 is 0 Å². The molecule has 0 radical (unpaired) electrons. The van der Waals surface area contributed by atoms with Crippen molar-refractivity contribution in [2.45, 2.75) is 70.1 Å². The lowest BCUT2D eigenvalue weighted by atomic mass is 9.94. The van der Waals surface area contributed by atoms with Crippen LogP contribution in [0.25, 0.3) is 21.9 Å². The fourth-order valence-corrected chi connectivity index (χ4v) is 6.58. The molecule has 0 aliphatic heterocycles. The van der Waals surface area contributed by atoms with E-state index < -0.39 is 17.6 Å². The summed E-state index contributed by atoms with van der Waals surface area (Å²) in [6.07, 6.45) is 4.52. The van der Waals surface area contributed by atoms with E-state index in [0.717, 1.165) is 58.9 Å². The molecule has 0 fully saturated rings. The molecule has 1 aliphatic rings. The van der Waals surface area contributed by atoms with Gasteiger partial charge in [0.2, 0.25) is 11.8 Å². The van der Waals surface area contributed by atoms with E-state index in [1.165, 1.54) is 17.3 Å². The standard InChI is InChI=1S/C33H36N2O7S/c1-20-22(33(40)42-28-17-29-25(16-24(20)28)23-10-5-6-11-27(23)41-29)13-14-30(36)35-26(32(39)34-15-7-12-31(37)38)19-43-18-21-8-3-2-4-9-21/h2-4,8-9,16-17,26H,5-7,10-15,18-19H2,1H3,(H,34,39)(H,35,36)(H,37,38)/t26-/m0/s1. The molecule has 1 atom stereocenters. The Morgan fingerprint density at radius 1 is 1.00 bits per heavy atom. The molecule has 5 rings (SSSR count). The smallest absolute Gasteiger partial charge is 0.339 e. The highest BCUT2D eigenvalue weighted by Crippen LogP contribution is 2.35. The minimum Gasteiger partial charge on any atom is -0.481 e. The number of carboxylic acid groups (broad SMARTS) is 1. The van der Waals surface area contributed by atoms with E-state index in [2.05, 4.69) is 10.6 Å². The molecule has 0 unspecified atom stereocenters. The van der Waals surface area contributed by atoms with Gasteiger partial charge < -0.3 is 24.6 Å². The van der Waals surface area contributed by atoms with E-state index in [9.17, 15) is 19.2 Å². The molecule has 2 aromatic carbocycles. The highest BCUT2D eigenvalue weighted by molar-refractivity contribution is 7.98. The van der Waals surface area contributed by atoms with E-state index in [1.54, 1.807) is 6.07 Å². The van der Waals surface area contributed by atoms with Gasteiger partial charge in [0.15, 0.2) is 0 Å². The molecule has 10 heteroatoms. The molecule has 9 nitrogen and oxygen atoms in total. The number of carboxylic acids is 1. The van der Waals surface area contributed by atoms with Crippen LogP contribution in [0.5, 0.6) is 0 Å². The SMILES string of the molecule is Cc1c(CCC(=O)N[C@@H](CSCc2ccccc2)C(=O)NCCCC(=O)O)c(=O)oc2cc3oc4c(c3cc12)CCCC4. The van der Waals surface area contributed by atoms with E-state index in [1.807, 2.05) is 43.3 Å². The Morgan fingerprint density at radius 3 is 2.56 bits per heavy atom. The van der Waals surface area contributed by atoms with Gasteiger partial charge >= 0.3 is 11.6 Å². The Labute approximate surface area is 253 Å². The number of thioether (sulfide) groups is 1. The molecular weight excluding hydrogens is 568 g/mol. The molecule has 2 heterocycles. The number of amides is 2. The monoisotopic (exact) mass is 604 g/mol. The average Bonchev–Trinajstić information content (AvgIpc) is 3.35. The Kier molecular flexibility index (Phi) is 9.86. The van der Waals surface area contributed by atoms with Crippen molar-refractivity contribution in [3.63, 3.8) is 0 Å². The lowest BCUT2D eigenvalue weighted by molar-refractivity contribution is -0.137. The lowest BCUT2D eigenvalue weighted by Crippen LogP contribution is -2.48. The second kappa shape index (κ2) is 13.9. The third-order valence-electron chi connectivity index (χ3n) is 7.88. The molecule has 3 N–H and O–H groups in total. The minimum absolute atomic E-state index is 0.00655. The number of benzene rings is 2. The van der Waals surface area contributed by atoms with E-state index in [4.69, 9.17) is 13.9 Å². The van der Waals surface area contributed by atoms with Crippen LogP contribution in [0.2, 0.25) is 0 Å². The van der Waals surface area contributed by atoms with Crippen molar-refractivity contribution in [1.82, 2.24) is 10.6 Å². The first-order chi connectivity index (χ1) is 20.8. The molecule has 2 aromatic heterocycles. The van der Waals surface area contributed by atoms with Crippen LogP contribution in [0.15, 0.2) is 56.1 Å². The summed E-state index contributed by atoms with van der Waals surface area (Å²) in [5.41, 5.74) is 4.25. The highest BCUT2D eigenvalue weighted by atomic mass is 32.2. The zero-order valence-corrected chi connectivity index (χ0v) is 25.0. The van der Waals surface area contributed by atoms with Crippen LogP contribution in [-0.4, -0.2) is 41.2 Å². The van der Waals surface area contributed by atoms with Gasteiger partial charge in [-0.05, 0) is 56.2 Å². The van der Waals surface area contributed by atoms with Crippen molar-refractivity contribution in [3.8, 4) is 0 Å². The predicted molar refractivity (Wildman–Crippen MR) is 166 cm³/mol.